The van der Waals surface area contributed by atoms with Gasteiger partial charge in [0.2, 0.25) is 0 Å². The number of carbonyl (C=O) groups is 2. The number of anilines is 1. The molecule has 3 aromatic rings. The van der Waals surface area contributed by atoms with Crippen LogP contribution in [0.5, 0.6) is 0 Å². The summed E-state index contributed by atoms with van der Waals surface area (Å²) in [5, 5.41) is 6.32. The van der Waals surface area contributed by atoms with Crippen LogP contribution in [-0.2, 0) is 9.59 Å². The van der Waals surface area contributed by atoms with Gasteiger partial charge in [-0.25, -0.2) is 9.82 Å². The van der Waals surface area contributed by atoms with Gasteiger partial charge in [0.1, 0.15) is 5.82 Å². The maximum Gasteiger partial charge on any atom is 0.329 e. The summed E-state index contributed by atoms with van der Waals surface area (Å²) in [6.07, 6.45) is 3.88. The van der Waals surface area contributed by atoms with Crippen LogP contribution in [0.25, 0.3) is 5.69 Å². The molecule has 27 heavy (non-hydrogen) atoms. The molecule has 0 unspecified atom stereocenters. The highest BCUT2D eigenvalue weighted by Crippen LogP contribution is 2.11. The summed E-state index contributed by atoms with van der Waals surface area (Å²) < 4.78 is 14.8. The molecule has 1 heterocycles. The lowest BCUT2D eigenvalue weighted by Crippen LogP contribution is -2.32. The molecule has 2 aromatic carbocycles. The standard InChI is InChI=1S/C20H17FN4O2/c1-14(15-4-10-18(11-5-15)25-12-2-3-13-25)23-24-20(27)19(26)22-17-8-6-16(21)7-9-17/h2-13H,1H3,(H,22,26)(H,24,27)/b23-14+. The minimum Gasteiger partial charge on any atom is -0.324 e. The Hall–Kier alpha value is -3.74. The number of amides is 2. The highest BCUT2D eigenvalue weighted by molar-refractivity contribution is 6.39. The number of hydrogen-bond acceptors (Lipinski definition) is 3. The highest BCUT2D eigenvalue weighted by atomic mass is 19.1. The molecule has 0 aliphatic carbocycles. The van der Waals surface area contributed by atoms with E-state index in [1.165, 1.54) is 24.3 Å². The fourth-order valence-corrected chi connectivity index (χ4v) is 2.35. The number of hydrazone groups is 1. The third-order valence-corrected chi connectivity index (χ3v) is 3.82. The molecular formula is C20H17FN4O2. The minimum atomic E-state index is -0.914. The molecule has 136 valence electrons. The van der Waals surface area contributed by atoms with Gasteiger partial charge >= 0.3 is 11.8 Å². The minimum absolute atomic E-state index is 0.317. The molecule has 2 N–H and O–H groups in total. The van der Waals surface area contributed by atoms with E-state index in [9.17, 15) is 14.0 Å². The topological polar surface area (TPSA) is 75.5 Å². The second-order valence-electron chi connectivity index (χ2n) is 5.74. The first kappa shape index (κ1) is 18.1. The molecule has 6 nitrogen and oxygen atoms in total. The van der Waals surface area contributed by atoms with Crippen molar-refractivity contribution < 1.29 is 14.0 Å². The van der Waals surface area contributed by atoms with Crippen molar-refractivity contribution >= 4 is 23.2 Å². The number of carbonyl (C=O) groups excluding carboxylic acids is 2. The number of nitrogens with zero attached hydrogens (tertiary/aromatic N) is 2. The van der Waals surface area contributed by atoms with Crippen molar-refractivity contribution in [1.82, 2.24) is 9.99 Å². The Morgan fingerprint density at radius 2 is 1.56 bits per heavy atom. The first-order valence-corrected chi connectivity index (χ1v) is 8.18. The first-order valence-electron chi connectivity index (χ1n) is 8.18. The SMILES string of the molecule is C/C(=N\NC(=O)C(=O)Nc1ccc(F)cc1)c1ccc(-n2cccc2)cc1. The van der Waals surface area contributed by atoms with Gasteiger partial charge in [-0.1, -0.05) is 12.1 Å². The van der Waals surface area contributed by atoms with E-state index in [0.717, 1.165) is 11.3 Å². The third kappa shape index (κ3) is 4.66. The smallest absolute Gasteiger partial charge is 0.324 e. The monoisotopic (exact) mass is 364 g/mol. The van der Waals surface area contributed by atoms with Crippen molar-refractivity contribution in [3.8, 4) is 5.69 Å². The van der Waals surface area contributed by atoms with E-state index >= 15 is 0 Å². The Labute approximate surface area is 155 Å². The third-order valence-electron chi connectivity index (χ3n) is 3.82. The van der Waals surface area contributed by atoms with Crippen molar-refractivity contribution in [2.24, 2.45) is 5.10 Å². The molecule has 0 bridgehead atoms. The van der Waals surface area contributed by atoms with E-state index < -0.39 is 17.6 Å². The van der Waals surface area contributed by atoms with Gasteiger partial charge in [-0.05, 0) is 61.0 Å². The molecule has 0 spiro atoms. The van der Waals surface area contributed by atoms with E-state index in [2.05, 4.69) is 15.8 Å². The summed E-state index contributed by atoms with van der Waals surface area (Å²) in [5.41, 5.74) is 4.89. The van der Waals surface area contributed by atoms with Crippen molar-refractivity contribution in [3.63, 3.8) is 0 Å². The molecule has 0 aliphatic heterocycles. The number of halogens is 1. The summed E-state index contributed by atoms with van der Waals surface area (Å²) >= 11 is 0. The summed E-state index contributed by atoms with van der Waals surface area (Å²) in [6, 6.07) is 16.6. The first-order chi connectivity index (χ1) is 13.0. The van der Waals surface area contributed by atoms with Gasteiger partial charge in [0.15, 0.2) is 0 Å². The van der Waals surface area contributed by atoms with E-state index in [1.54, 1.807) is 6.92 Å². The van der Waals surface area contributed by atoms with Crippen molar-refractivity contribution in [2.45, 2.75) is 6.92 Å². The summed E-state index contributed by atoms with van der Waals surface area (Å²) in [5.74, 6) is -2.23. The molecule has 0 aliphatic rings. The van der Waals surface area contributed by atoms with Gasteiger partial charge in [-0.2, -0.15) is 5.10 Å². The quantitative estimate of drug-likeness (QED) is 0.424. The van der Waals surface area contributed by atoms with E-state index in [0.29, 0.717) is 11.4 Å². The highest BCUT2D eigenvalue weighted by Gasteiger charge is 2.13. The average Bonchev–Trinajstić information content (AvgIpc) is 3.22. The van der Waals surface area contributed by atoms with Crippen molar-refractivity contribution in [3.05, 3.63) is 84.4 Å². The van der Waals surface area contributed by atoms with E-state index in [-0.39, 0.29) is 0 Å². The fourth-order valence-electron chi connectivity index (χ4n) is 2.35. The van der Waals surface area contributed by atoms with Crippen molar-refractivity contribution in [1.29, 1.82) is 0 Å². The summed E-state index contributed by atoms with van der Waals surface area (Å²) in [7, 11) is 0. The predicted octanol–water partition coefficient (Wildman–Crippen LogP) is 3.10. The number of nitrogens with one attached hydrogen (secondary N) is 2. The van der Waals surface area contributed by atoms with Crippen LogP contribution in [0.4, 0.5) is 10.1 Å². The van der Waals surface area contributed by atoms with Gasteiger partial charge in [-0.15, -0.1) is 0 Å². The summed E-state index contributed by atoms with van der Waals surface area (Å²) in [6.45, 7) is 1.73. The van der Waals surface area contributed by atoms with Crippen LogP contribution in [0.2, 0.25) is 0 Å². The van der Waals surface area contributed by atoms with E-state index in [1.807, 2.05) is 53.4 Å². The van der Waals surface area contributed by atoms with Gasteiger partial charge < -0.3 is 9.88 Å². The molecule has 0 fully saturated rings. The van der Waals surface area contributed by atoms with Gasteiger partial charge in [0, 0.05) is 23.8 Å². The second-order valence-corrected chi connectivity index (χ2v) is 5.74. The largest absolute Gasteiger partial charge is 0.329 e. The molecule has 0 atom stereocenters. The molecule has 1 aromatic heterocycles. The second kappa shape index (κ2) is 8.09. The van der Waals surface area contributed by atoms with Crippen LogP contribution in [-0.4, -0.2) is 22.1 Å². The lowest BCUT2D eigenvalue weighted by molar-refractivity contribution is -0.136. The van der Waals surface area contributed by atoms with Crippen LogP contribution >= 0.6 is 0 Å². The molecule has 3 rings (SSSR count). The Bertz CT molecular complexity index is 962. The van der Waals surface area contributed by atoms with Crippen LogP contribution in [0, 0.1) is 5.82 Å². The fraction of sp³-hybridized carbons (Fsp3) is 0.0500. The molecule has 0 saturated heterocycles. The maximum atomic E-state index is 12.8. The molecule has 0 radical (unpaired) electrons. The molecular weight excluding hydrogens is 347 g/mol. The lowest BCUT2D eigenvalue weighted by Gasteiger charge is -2.06. The maximum absolute atomic E-state index is 12.8. The van der Waals surface area contributed by atoms with Gasteiger partial charge in [0.25, 0.3) is 0 Å². The zero-order valence-corrected chi connectivity index (χ0v) is 14.5. The van der Waals surface area contributed by atoms with Gasteiger partial charge in [-0.3, -0.25) is 9.59 Å². The number of aromatic nitrogens is 1. The Balaban J connectivity index is 1.59. The number of hydrogen-bond donors (Lipinski definition) is 2. The zero-order valence-electron chi connectivity index (χ0n) is 14.5. The van der Waals surface area contributed by atoms with Gasteiger partial charge in [0.05, 0.1) is 5.71 Å². The normalized spacial score (nSPS) is 11.1. The lowest BCUT2D eigenvalue weighted by atomic mass is 10.1. The summed E-state index contributed by atoms with van der Waals surface area (Å²) in [4.78, 5) is 23.7. The Morgan fingerprint density at radius 3 is 2.19 bits per heavy atom. The Kier molecular flexibility index (Phi) is 5.41. The average molecular weight is 364 g/mol. The number of benzene rings is 2. The molecule has 0 saturated carbocycles. The van der Waals surface area contributed by atoms with Crippen LogP contribution in [0.1, 0.15) is 12.5 Å². The van der Waals surface area contributed by atoms with Crippen LogP contribution < -0.4 is 10.7 Å². The van der Waals surface area contributed by atoms with Crippen LogP contribution in [0.3, 0.4) is 0 Å². The zero-order chi connectivity index (χ0) is 19.2. The van der Waals surface area contributed by atoms with Crippen molar-refractivity contribution in [2.75, 3.05) is 5.32 Å². The van der Waals surface area contributed by atoms with E-state index in [4.69, 9.17) is 0 Å². The predicted molar refractivity (Wildman–Crippen MR) is 101 cm³/mol. The Morgan fingerprint density at radius 1 is 0.926 bits per heavy atom. The molecule has 7 heteroatoms. The number of rotatable bonds is 4. The molecule has 2 amide bonds. The van der Waals surface area contributed by atoms with Crippen LogP contribution in [0.15, 0.2) is 78.2 Å².